The summed E-state index contributed by atoms with van der Waals surface area (Å²) in [7, 11) is 0. The minimum Gasteiger partial charge on any atom is -0.338 e. The van der Waals surface area contributed by atoms with Crippen LogP contribution in [0.5, 0.6) is 0 Å². The molecule has 0 unspecified atom stereocenters. The van der Waals surface area contributed by atoms with Crippen molar-refractivity contribution in [2.45, 2.75) is 25.3 Å². The van der Waals surface area contributed by atoms with Crippen LogP contribution < -0.4 is 0 Å². The van der Waals surface area contributed by atoms with Gasteiger partial charge in [0.05, 0.1) is 21.8 Å². The van der Waals surface area contributed by atoms with E-state index < -0.39 is 0 Å². The minimum atomic E-state index is 0.463. The van der Waals surface area contributed by atoms with E-state index in [-0.39, 0.29) is 0 Å². The molecule has 7 heteroatoms. The van der Waals surface area contributed by atoms with Gasteiger partial charge in [-0.15, -0.1) is 11.3 Å². The monoisotopic (exact) mass is 410 g/mol. The zero-order valence-corrected chi connectivity index (χ0v) is 16.8. The van der Waals surface area contributed by atoms with Crippen molar-refractivity contribution in [3.8, 4) is 11.4 Å². The molecule has 142 valence electrons. The molecule has 0 spiro atoms. The minimum absolute atomic E-state index is 0.463. The molecular weight excluding hydrogens is 392 g/mol. The van der Waals surface area contributed by atoms with Crippen LogP contribution in [0.15, 0.2) is 53.1 Å². The number of fused-ring (bicyclic) bond motifs is 1. The van der Waals surface area contributed by atoms with E-state index in [2.05, 4.69) is 33.2 Å². The Morgan fingerprint density at radius 3 is 2.82 bits per heavy atom. The quantitative estimate of drug-likeness (QED) is 0.452. The molecular formula is C21H19ClN4OS. The molecule has 1 atom stereocenters. The summed E-state index contributed by atoms with van der Waals surface area (Å²) in [4.78, 5) is 11.8. The first-order valence-electron chi connectivity index (χ1n) is 9.41. The van der Waals surface area contributed by atoms with Crippen LogP contribution in [0.25, 0.3) is 21.6 Å². The highest BCUT2D eigenvalue weighted by molar-refractivity contribution is 7.18. The fraction of sp³-hybridized carbons (Fsp3) is 0.286. The summed E-state index contributed by atoms with van der Waals surface area (Å²) in [6.07, 6.45) is 2.33. The van der Waals surface area contributed by atoms with Crippen LogP contribution in [0.4, 0.5) is 0 Å². The first-order valence-corrected chi connectivity index (χ1v) is 10.6. The number of nitrogens with zero attached hydrogens (tertiary/aromatic N) is 4. The third-order valence-corrected chi connectivity index (χ3v) is 6.55. The molecule has 2 aromatic carbocycles. The van der Waals surface area contributed by atoms with Crippen LogP contribution >= 0.6 is 22.9 Å². The lowest BCUT2D eigenvalue weighted by Crippen LogP contribution is -2.33. The molecule has 4 aromatic rings. The van der Waals surface area contributed by atoms with Crippen LogP contribution in [-0.4, -0.2) is 33.1 Å². The van der Waals surface area contributed by atoms with Crippen LogP contribution in [0, 0.1) is 0 Å². The van der Waals surface area contributed by atoms with Gasteiger partial charge in [0.15, 0.2) is 0 Å². The number of hydrogen-bond donors (Lipinski definition) is 0. The van der Waals surface area contributed by atoms with E-state index in [4.69, 9.17) is 21.1 Å². The molecule has 0 N–H and O–H groups in total. The molecule has 5 rings (SSSR count). The van der Waals surface area contributed by atoms with E-state index in [0.717, 1.165) is 30.6 Å². The Kier molecular flexibility index (Phi) is 4.84. The molecule has 0 radical (unpaired) electrons. The summed E-state index contributed by atoms with van der Waals surface area (Å²) in [6.45, 7) is 2.68. The molecule has 1 saturated heterocycles. The Morgan fingerprint density at radius 2 is 1.96 bits per heavy atom. The molecule has 2 aromatic heterocycles. The van der Waals surface area contributed by atoms with E-state index in [1.54, 1.807) is 0 Å². The smallest absolute Gasteiger partial charge is 0.241 e. The Morgan fingerprint density at radius 1 is 1.11 bits per heavy atom. The second-order valence-electron chi connectivity index (χ2n) is 7.11. The molecule has 5 nitrogen and oxygen atoms in total. The van der Waals surface area contributed by atoms with Crippen LogP contribution in [-0.2, 0) is 6.54 Å². The maximum absolute atomic E-state index is 5.95. The lowest BCUT2D eigenvalue weighted by Gasteiger charge is -2.30. The predicted octanol–water partition coefficient (Wildman–Crippen LogP) is 5.38. The first kappa shape index (κ1) is 17.8. The largest absolute Gasteiger partial charge is 0.338 e. The van der Waals surface area contributed by atoms with E-state index >= 15 is 0 Å². The number of halogens is 1. The molecule has 3 heterocycles. The number of thiazole rings is 1. The topological polar surface area (TPSA) is 55.1 Å². The molecule has 0 saturated carbocycles. The Balaban J connectivity index is 1.28. The second kappa shape index (κ2) is 7.62. The van der Waals surface area contributed by atoms with Crippen LogP contribution in [0.1, 0.15) is 29.7 Å². The van der Waals surface area contributed by atoms with Gasteiger partial charge in [-0.25, -0.2) is 4.98 Å². The highest BCUT2D eigenvalue weighted by Crippen LogP contribution is 2.33. The number of benzene rings is 2. The lowest BCUT2D eigenvalue weighted by atomic mass is 9.99. The average Bonchev–Trinajstić information content (AvgIpc) is 3.36. The van der Waals surface area contributed by atoms with Gasteiger partial charge in [0.25, 0.3) is 0 Å². The fourth-order valence-electron chi connectivity index (χ4n) is 3.69. The lowest BCUT2D eigenvalue weighted by molar-refractivity contribution is 0.177. The summed E-state index contributed by atoms with van der Waals surface area (Å²) in [5, 5.41) is 6.05. The molecule has 0 bridgehead atoms. The molecule has 1 aliphatic heterocycles. The van der Waals surface area contributed by atoms with Crippen molar-refractivity contribution in [3.63, 3.8) is 0 Å². The van der Waals surface area contributed by atoms with E-state index in [0.29, 0.717) is 29.2 Å². The van der Waals surface area contributed by atoms with Gasteiger partial charge in [-0.2, -0.15) is 4.98 Å². The number of aromatic nitrogens is 3. The van der Waals surface area contributed by atoms with Gasteiger partial charge in [0.1, 0.15) is 0 Å². The molecule has 0 aliphatic carbocycles. The van der Waals surface area contributed by atoms with Crippen molar-refractivity contribution >= 4 is 33.2 Å². The van der Waals surface area contributed by atoms with Gasteiger partial charge in [-0.05, 0) is 55.8 Å². The van der Waals surface area contributed by atoms with E-state index in [1.807, 2.05) is 41.7 Å². The summed E-state index contributed by atoms with van der Waals surface area (Å²) >= 11 is 7.76. The molecule has 1 aliphatic rings. The van der Waals surface area contributed by atoms with Crippen molar-refractivity contribution in [1.82, 2.24) is 20.0 Å². The van der Waals surface area contributed by atoms with Crippen LogP contribution in [0.3, 0.4) is 0 Å². The number of likely N-dealkylation sites (tertiary alicyclic amines) is 1. The summed E-state index contributed by atoms with van der Waals surface area (Å²) in [5.74, 6) is 1.71. The van der Waals surface area contributed by atoms with E-state index in [1.165, 1.54) is 16.1 Å². The summed E-state index contributed by atoms with van der Waals surface area (Å²) < 4.78 is 6.76. The third-order valence-electron chi connectivity index (χ3n) is 5.09. The Bertz CT molecular complexity index is 1060. The third kappa shape index (κ3) is 3.68. The highest BCUT2D eigenvalue weighted by Gasteiger charge is 2.25. The van der Waals surface area contributed by atoms with Gasteiger partial charge < -0.3 is 4.52 Å². The number of para-hydroxylation sites is 1. The zero-order valence-electron chi connectivity index (χ0n) is 15.2. The summed E-state index contributed by atoms with van der Waals surface area (Å²) in [5.41, 5.74) is 2.01. The molecule has 28 heavy (non-hydrogen) atoms. The van der Waals surface area contributed by atoms with Crippen molar-refractivity contribution in [2.24, 2.45) is 0 Å². The number of hydrogen-bond acceptors (Lipinski definition) is 6. The second-order valence-corrected chi connectivity index (χ2v) is 8.61. The SMILES string of the molecule is Clc1ccc(-c2noc(CN3CCC[C@H](c4nc5ccccc5s4)C3)n2)cc1. The van der Waals surface area contributed by atoms with Gasteiger partial charge in [-0.1, -0.05) is 28.9 Å². The van der Waals surface area contributed by atoms with Crippen molar-refractivity contribution in [3.05, 3.63) is 64.5 Å². The Hall–Kier alpha value is -2.28. The number of piperidine rings is 1. The fourth-order valence-corrected chi connectivity index (χ4v) is 4.91. The predicted molar refractivity (Wildman–Crippen MR) is 112 cm³/mol. The normalized spacial score (nSPS) is 18.0. The number of rotatable bonds is 4. The first-order chi connectivity index (χ1) is 13.7. The van der Waals surface area contributed by atoms with Gasteiger partial charge in [-0.3, -0.25) is 4.90 Å². The van der Waals surface area contributed by atoms with Gasteiger partial charge in [0, 0.05) is 23.0 Å². The van der Waals surface area contributed by atoms with E-state index in [9.17, 15) is 0 Å². The highest BCUT2D eigenvalue weighted by atomic mass is 35.5. The molecule has 1 fully saturated rings. The standard InChI is InChI=1S/C21H19ClN4OS/c22-16-9-7-14(8-10-16)20-24-19(27-25-20)13-26-11-3-4-15(12-26)21-23-17-5-1-2-6-18(17)28-21/h1-2,5-10,15H,3-4,11-13H2/t15-/m0/s1. The van der Waals surface area contributed by atoms with Gasteiger partial charge in [0.2, 0.25) is 11.7 Å². The zero-order chi connectivity index (χ0) is 18.9. The average molecular weight is 411 g/mol. The maximum Gasteiger partial charge on any atom is 0.241 e. The Labute approximate surface area is 172 Å². The van der Waals surface area contributed by atoms with Crippen molar-refractivity contribution < 1.29 is 4.52 Å². The molecule has 0 amide bonds. The van der Waals surface area contributed by atoms with Crippen molar-refractivity contribution in [1.29, 1.82) is 0 Å². The van der Waals surface area contributed by atoms with Crippen LogP contribution in [0.2, 0.25) is 5.02 Å². The van der Waals surface area contributed by atoms with Gasteiger partial charge >= 0.3 is 0 Å². The maximum atomic E-state index is 5.95. The summed E-state index contributed by atoms with van der Waals surface area (Å²) in [6, 6.07) is 15.8. The van der Waals surface area contributed by atoms with Crippen molar-refractivity contribution in [2.75, 3.05) is 13.1 Å².